The molecule has 0 aliphatic carbocycles. The third kappa shape index (κ3) is 5.85. The number of hydrogen-bond donors (Lipinski definition) is 2. The van der Waals surface area contributed by atoms with E-state index in [0.29, 0.717) is 28.3 Å². The van der Waals surface area contributed by atoms with Gasteiger partial charge in [-0.3, -0.25) is 9.59 Å². The molecule has 0 fully saturated rings. The molecule has 0 atom stereocenters. The Morgan fingerprint density at radius 2 is 1.38 bits per heavy atom. The van der Waals surface area contributed by atoms with Gasteiger partial charge in [-0.25, -0.2) is 4.79 Å². The van der Waals surface area contributed by atoms with E-state index in [0.717, 1.165) is 0 Å². The minimum absolute atomic E-state index is 0.211. The largest absolute Gasteiger partial charge is 0.513 e. The fourth-order valence-electron chi connectivity index (χ4n) is 2.79. The number of hydrogen-bond acceptors (Lipinski definition) is 6. The van der Waals surface area contributed by atoms with Crippen molar-refractivity contribution in [2.24, 2.45) is 0 Å². The van der Waals surface area contributed by atoms with Gasteiger partial charge in [0.05, 0.1) is 19.3 Å². The zero-order valence-electron chi connectivity index (χ0n) is 17.6. The lowest BCUT2D eigenvalue weighted by molar-refractivity contribution is 0.101. The van der Waals surface area contributed by atoms with E-state index in [4.69, 9.17) is 14.2 Å². The Bertz CT molecular complexity index is 1090. The van der Waals surface area contributed by atoms with Crippen molar-refractivity contribution < 1.29 is 28.6 Å². The van der Waals surface area contributed by atoms with Gasteiger partial charge in [0, 0.05) is 16.9 Å². The van der Waals surface area contributed by atoms with Gasteiger partial charge in [0.2, 0.25) is 0 Å². The quantitative estimate of drug-likeness (QED) is 0.411. The normalized spacial score (nSPS) is 10.1. The van der Waals surface area contributed by atoms with E-state index in [2.05, 4.69) is 10.6 Å². The minimum atomic E-state index is -0.803. The number of anilines is 2. The van der Waals surface area contributed by atoms with E-state index in [1.165, 1.54) is 31.4 Å². The number of amides is 2. The van der Waals surface area contributed by atoms with Crippen molar-refractivity contribution in [3.63, 3.8) is 0 Å². The van der Waals surface area contributed by atoms with Crippen molar-refractivity contribution in [1.82, 2.24) is 0 Å². The van der Waals surface area contributed by atoms with Gasteiger partial charge < -0.3 is 24.8 Å². The van der Waals surface area contributed by atoms with Crippen LogP contribution in [0.3, 0.4) is 0 Å². The van der Waals surface area contributed by atoms with Gasteiger partial charge >= 0.3 is 6.16 Å². The van der Waals surface area contributed by atoms with Crippen molar-refractivity contribution >= 4 is 29.3 Å². The number of rotatable bonds is 7. The number of ether oxygens (including phenoxy) is 3. The first-order valence-corrected chi connectivity index (χ1v) is 9.80. The second-order valence-electron chi connectivity index (χ2n) is 6.50. The molecule has 0 saturated heterocycles. The summed E-state index contributed by atoms with van der Waals surface area (Å²) < 4.78 is 14.9. The summed E-state index contributed by atoms with van der Waals surface area (Å²) in [6.07, 6.45) is -0.803. The summed E-state index contributed by atoms with van der Waals surface area (Å²) in [6.45, 7) is 1.89. The highest BCUT2D eigenvalue weighted by Crippen LogP contribution is 2.21. The third-order valence-corrected chi connectivity index (χ3v) is 4.33. The SMILES string of the molecule is CCOC(=O)Oc1ccc(C(=O)Nc2ccc(NC(=O)c3ccccc3OC)cc2)cc1. The van der Waals surface area contributed by atoms with Crippen molar-refractivity contribution in [3.8, 4) is 11.5 Å². The number of nitrogens with one attached hydrogen (secondary N) is 2. The second kappa shape index (κ2) is 10.6. The molecule has 164 valence electrons. The Morgan fingerprint density at radius 1 is 0.781 bits per heavy atom. The molecule has 0 aliphatic rings. The average molecular weight is 434 g/mol. The third-order valence-electron chi connectivity index (χ3n) is 4.33. The van der Waals surface area contributed by atoms with Crippen LogP contribution in [0, 0.1) is 0 Å². The molecule has 3 aromatic rings. The lowest BCUT2D eigenvalue weighted by atomic mass is 10.1. The molecule has 0 saturated carbocycles. The van der Waals surface area contributed by atoms with Crippen LogP contribution in [0.5, 0.6) is 11.5 Å². The molecule has 3 rings (SSSR count). The van der Waals surface area contributed by atoms with Gasteiger partial charge in [-0.2, -0.15) is 0 Å². The van der Waals surface area contributed by atoms with E-state index >= 15 is 0 Å². The molecule has 0 radical (unpaired) electrons. The summed E-state index contributed by atoms with van der Waals surface area (Å²) in [5.74, 6) is 0.116. The average Bonchev–Trinajstić information content (AvgIpc) is 2.81. The summed E-state index contributed by atoms with van der Waals surface area (Å²) in [7, 11) is 1.50. The summed E-state index contributed by atoms with van der Waals surface area (Å²) >= 11 is 0. The second-order valence-corrected chi connectivity index (χ2v) is 6.50. The Hall–Kier alpha value is -4.33. The number of benzene rings is 3. The molecule has 8 heteroatoms. The van der Waals surface area contributed by atoms with E-state index in [1.54, 1.807) is 55.5 Å². The molecule has 2 N–H and O–H groups in total. The topological polar surface area (TPSA) is 103 Å². The number of carbonyl (C=O) groups is 3. The molecule has 0 bridgehead atoms. The Morgan fingerprint density at radius 3 is 1.97 bits per heavy atom. The Kier molecular flexibility index (Phi) is 7.42. The molecule has 32 heavy (non-hydrogen) atoms. The fraction of sp³-hybridized carbons (Fsp3) is 0.125. The maximum Gasteiger partial charge on any atom is 0.513 e. The van der Waals surface area contributed by atoms with Crippen LogP contribution in [0.1, 0.15) is 27.6 Å². The fourth-order valence-corrected chi connectivity index (χ4v) is 2.79. The standard InChI is InChI=1S/C24H22N2O6/c1-3-31-24(29)32-19-14-8-16(9-15-19)22(27)25-17-10-12-18(13-11-17)26-23(28)20-6-4-5-7-21(20)30-2/h4-15H,3H2,1-2H3,(H,25,27)(H,26,28). The predicted molar refractivity (Wildman–Crippen MR) is 119 cm³/mol. The number of carbonyl (C=O) groups excluding carboxylic acids is 3. The van der Waals surface area contributed by atoms with Crippen molar-refractivity contribution in [1.29, 1.82) is 0 Å². The van der Waals surface area contributed by atoms with E-state index < -0.39 is 6.16 Å². The summed E-state index contributed by atoms with van der Waals surface area (Å²) in [5, 5.41) is 5.56. The first-order chi connectivity index (χ1) is 15.5. The smallest absolute Gasteiger partial charge is 0.496 e. The first kappa shape index (κ1) is 22.4. The van der Waals surface area contributed by atoms with Crippen molar-refractivity contribution in [2.75, 3.05) is 24.4 Å². The van der Waals surface area contributed by atoms with Gasteiger partial charge in [0.25, 0.3) is 11.8 Å². The van der Waals surface area contributed by atoms with Crippen LogP contribution in [0.4, 0.5) is 16.2 Å². The van der Waals surface area contributed by atoms with Crippen molar-refractivity contribution in [3.05, 3.63) is 83.9 Å². The van der Waals surface area contributed by atoms with Crippen LogP contribution in [0.15, 0.2) is 72.8 Å². The summed E-state index contributed by atoms with van der Waals surface area (Å²) in [5.41, 5.74) is 1.93. The molecule has 0 unspecified atom stereocenters. The molecular weight excluding hydrogens is 412 g/mol. The number of para-hydroxylation sites is 1. The van der Waals surface area contributed by atoms with Crippen LogP contribution >= 0.6 is 0 Å². The van der Waals surface area contributed by atoms with Crippen LogP contribution < -0.4 is 20.1 Å². The molecule has 0 aliphatic heterocycles. The van der Waals surface area contributed by atoms with E-state index in [-0.39, 0.29) is 24.2 Å². The highest BCUT2D eigenvalue weighted by atomic mass is 16.7. The summed E-state index contributed by atoms with van der Waals surface area (Å²) in [4.78, 5) is 36.2. The van der Waals surface area contributed by atoms with E-state index in [1.807, 2.05) is 0 Å². The monoisotopic (exact) mass is 434 g/mol. The number of methoxy groups -OCH3 is 1. The van der Waals surface area contributed by atoms with Crippen LogP contribution in [0.25, 0.3) is 0 Å². The maximum absolute atomic E-state index is 12.5. The molecular formula is C24H22N2O6. The maximum atomic E-state index is 12.5. The molecule has 3 aromatic carbocycles. The zero-order valence-corrected chi connectivity index (χ0v) is 17.6. The van der Waals surface area contributed by atoms with Crippen LogP contribution in [0.2, 0.25) is 0 Å². The zero-order chi connectivity index (χ0) is 22.9. The lowest BCUT2D eigenvalue weighted by Crippen LogP contribution is -2.14. The van der Waals surface area contributed by atoms with Gasteiger partial charge in [0.15, 0.2) is 0 Å². The first-order valence-electron chi connectivity index (χ1n) is 9.80. The summed E-state index contributed by atoms with van der Waals surface area (Å²) in [6, 6.07) is 19.7. The Balaban J connectivity index is 1.58. The molecule has 0 heterocycles. The van der Waals surface area contributed by atoms with Crippen molar-refractivity contribution in [2.45, 2.75) is 6.92 Å². The van der Waals surface area contributed by atoms with Gasteiger partial charge in [0.1, 0.15) is 11.5 Å². The van der Waals surface area contributed by atoms with Crippen LogP contribution in [-0.2, 0) is 4.74 Å². The molecule has 0 spiro atoms. The van der Waals surface area contributed by atoms with Gasteiger partial charge in [-0.05, 0) is 67.6 Å². The Labute approximate surface area is 185 Å². The van der Waals surface area contributed by atoms with Gasteiger partial charge in [-0.15, -0.1) is 0 Å². The minimum Gasteiger partial charge on any atom is -0.496 e. The van der Waals surface area contributed by atoms with Gasteiger partial charge in [-0.1, -0.05) is 12.1 Å². The molecule has 8 nitrogen and oxygen atoms in total. The highest BCUT2D eigenvalue weighted by Gasteiger charge is 2.12. The molecule has 2 amide bonds. The lowest BCUT2D eigenvalue weighted by Gasteiger charge is -2.10. The van der Waals surface area contributed by atoms with E-state index in [9.17, 15) is 14.4 Å². The highest BCUT2D eigenvalue weighted by molar-refractivity contribution is 6.07. The van der Waals surface area contributed by atoms with Crippen LogP contribution in [-0.4, -0.2) is 31.7 Å². The predicted octanol–water partition coefficient (Wildman–Crippen LogP) is 4.74. The molecule has 0 aromatic heterocycles.